The molecule has 0 bridgehead atoms. The van der Waals surface area contributed by atoms with Gasteiger partial charge in [0.25, 0.3) is 0 Å². The van der Waals surface area contributed by atoms with E-state index < -0.39 is 20.0 Å². The van der Waals surface area contributed by atoms with E-state index in [9.17, 15) is 8.78 Å². The SMILES string of the molecule is C[Si](C)(C)OC1=CC(c2cc(F)cc(F)c2)CCC1. The summed E-state index contributed by atoms with van der Waals surface area (Å²) in [7, 11) is -1.61. The van der Waals surface area contributed by atoms with Crippen LogP contribution in [0, 0.1) is 11.6 Å². The summed E-state index contributed by atoms with van der Waals surface area (Å²) >= 11 is 0. The molecule has 1 unspecified atom stereocenters. The second-order valence-electron chi connectivity index (χ2n) is 6.05. The first-order valence-corrected chi connectivity index (χ1v) is 10.1. The second kappa shape index (κ2) is 5.45. The number of hydrogen-bond acceptors (Lipinski definition) is 1. The Bertz CT molecular complexity index is 471. The molecule has 0 saturated carbocycles. The summed E-state index contributed by atoms with van der Waals surface area (Å²) in [5.41, 5.74) is 0.703. The zero-order valence-electron chi connectivity index (χ0n) is 11.7. The van der Waals surface area contributed by atoms with Crippen molar-refractivity contribution in [1.82, 2.24) is 0 Å². The standard InChI is InChI=1S/C15H20F2OSi/c1-19(2,3)18-15-6-4-5-11(9-15)12-7-13(16)10-14(17)8-12/h7-11H,4-6H2,1-3H3. The molecule has 19 heavy (non-hydrogen) atoms. The van der Waals surface area contributed by atoms with Gasteiger partial charge in [-0.15, -0.1) is 0 Å². The van der Waals surface area contributed by atoms with Gasteiger partial charge in [0.2, 0.25) is 8.32 Å². The van der Waals surface area contributed by atoms with Gasteiger partial charge in [0, 0.05) is 18.4 Å². The van der Waals surface area contributed by atoms with E-state index in [0.29, 0.717) is 5.56 Å². The number of halogens is 2. The van der Waals surface area contributed by atoms with Gasteiger partial charge in [-0.1, -0.05) is 0 Å². The minimum absolute atomic E-state index is 0.0605. The van der Waals surface area contributed by atoms with Crippen LogP contribution in [0.25, 0.3) is 0 Å². The molecule has 0 aliphatic heterocycles. The van der Waals surface area contributed by atoms with Crippen LogP contribution in [0.15, 0.2) is 30.0 Å². The number of benzene rings is 1. The van der Waals surface area contributed by atoms with Crippen molar-refractivity contribution in [2.24, 2.45) is 0 Å². The van der Waals surface area contributed by atoms with Crippen LogP contribution in [0.2, 0.25) is 19.6 Å². The molecule has 0 aromatic heterocycles. The maximum absolute atomic E-state index is 13.3. The van der Waals surface area contributed by atoms with Gasteiger partial charge in [-0.05, 0) is 56.3 Å². The molecule has 104 valence electrons. The van der Waals surface area contributed by atoms with E-state index in [1.54, 1.807) is 0 Å². The summed E-state index contributed by atoms with van der Waals surface area (Å²) in [5, 5.41) is 0. The zero-order valence-corrected chi connectivity index (χ0v) is 12.7. The number of allylic oxidation sites excluding steroid dienone is 2. The van der Waals surface area contributed by atoms with E-state index in [-0.39, 0.29) is 5.92 Å². The van der Waals surface area contributed by atoms with Gasteiger partial charge in [-0.2, -0.15) is 0 Å². The minimum Gasteiger partial charge on any atom is -0.548 e. The van der Waals surface area contributed by atoms with Crippen molar-refractivity contribution in [3.63, 3.8) is 0 Å². The summed E-state index contributed by atoms with van der Waals surface area (Å²) < 4.78 is 32.5. The van der Waals surface area contributed by atoms with E-state index in [2.05, 4.69) is 19.6 Å². The van der Waals surface area contributed by atoms with Gasteiger partial charge in [-0.3, -0.25) is 0 Å². The quantitative estimate of drug-likeness (QED) is 0.711. The molecule has 1 aromatic rings. The molecule has 1 atom stereocenters. The third-order valence-corrected chi connectivity index (χ3v) is 3.95. The Kier molecular flexibility index (Phi) is 4.09. The molecule has 2 rings (SSSR count). The van der Waals surface area contributed by atoms with Crippen molar-refractivity contribution in [2.45, 2.75) is 44.8 Å². The van der Waals surface area contributed by atoms with Crippen molar-refractivity contribution in [3.05, 3.63) is 47.2 Å². The number of hydrogen-bond donors (Lipinski definition) is 0. The predicted octanol–water partition coefficient (Wildman–Crippen LogP) is 4.97. The highest BCUT2D eigenvalue weighted by molar-refractivity contribution is 6.70. The summed E-state index contributed by atoms with van der Waals surface area (Å²) in [4.78, 5) is 0. The Morgan fingerprint density at radius 1 is 1.11 bits per heavy atom. The molecule has 1 aliphatic rings. The topological polar surface area (TPSA) is 9.23 Å². The van der Waals surface area contributed by atoms with E-state index >= 15 is 0 Å². The molecule has 0 N–H and O–H groups in total. The zero-order chi connectivity index (χ0) is 14.0. The maximum atomic E-state index is 13.3. The first-order chi connectivity index (χ1) is 8.83. The molecule has 0 amide bonds. The molecule has 1 aliphatic carbocycles. The van der Waals surface area contributed by atoms with Gasteiger partial charge in [0.1, 0.15) is 11.6 Å². The number of rotatable bonds is 3. The highest BCUT2D eigenvalue weighted by Gasteiger charge is 2.22. The molecule has 0 radical (unpaired) electrons. The lowest BCUT2D eigenvalue weighted by Gasteiger charge is -2.27. The molecular weight excluding hydrogens is 262 g/mol. The Balaban J connectivity index is 2.22. The fraction of sp³-hybridized carbons (Fsp3) is 0.467. The van der Waals surface area contributed by atoms with Crippen molar-refractivity contribution in [1.29, 1.82) is 0 Å². The van der Waals surface area contributed by atoms with Gasteiger partial charge in [0.05, 0.1) is 5.76 Å². The van der Waals surface area contributed by atoms with Crippen molar-refractivity contribution < 1.29 is 13.2 Å². The summed E-state index contributed by atoms with van der Waals surface area (Å²) in [6.45, 7) is 6.41. The van der Waals surface area contributed by atoms with Crippen molar-refractivity contribution in [2.75, 3.05) is 0 Å². The lowest BCUT2D eigenvalue weighted by Crippen LogP contribution is -2.25. The Labute approximate surface area is 114 Å². The molecule has 0 heterocycles. The highest BCUT2D eigenvalue weighted by atomic mass is 28.4. The fourth-order valence-corrected chi connectivity index (χ4v) is 3.37. The van der Waals surface area contributed by atoms with E-state index in [1.807, 2.05) is 6.08 Å². The van der Waals surface area contributed by atoms with Crippen molar-refractivity contribution >= 4 is 8.32 Å². The maximum Gasteiger partial charge on any atom is 0.241 e. The largest absolute Gasteiger partial charge is 0.548 e. The Morgan fingerprint density at radius 3 is 2.32 bits per heavy atom. The van der Waals surface area contributed by atoms with Crippen LogP contribution in [0.5, 0.6) is 0 Å². The van der Waals surface area contributed by atoms with E-state index in [0.717, 1.165) is 31.1 Å². The third-order valence-electron chi connectivity index (χ3n) is 3.08. The van der Waals surface area contributed by atoms with E-state index in [1.165, 1.54) is 12.1 Å². The Hall–Kier alpha value is -1.16. The van der Waals surface area contributed by atoms with E-state index in [4.69, 9.17) is 4.43 Å². The molecule has 4 heteroatoms. The Morgan fingerprint density at radius 2 is 1.74 bits per heavy atom. The normalized spacial score (nSPS) is 20.1. The van der Waals surface area contributed by atoms with Crippen LogP contribution < -0.4 is 0 Å². The fourth-order valence-electron chi connectivity index (χ4n) is 2.42. The lowest BCUT2D eigenvalue weighted by atomic mass is 9.88. The first-order valence-electron chi connectivity index (χ1n) is 6.69. The second-order valence-corrected chi connectivity index (χ2v) is 10.5. The summed E-state index contributed by atoms with van der Waals surface area (Å²) in [6.07, 6.45) is 4.88. The van der Waals surface area contributed by atoms with Crippen LogP contribution in [0.3, 0.4) is 0 Å². The van der Waals surface area contributed by atoms with Gasteiger partial charge >= 0.3 is 0 Å². The molecular formula is C15H20F2OSi. The third kappa shape index (κ3) is 4.16. The smallest absolute Gasteiger partial charge is 0.241 e. The van der Waals surface area contributed by atoms with Crippen LogP contribution in [-0.2, 0) is 4.43 Å². The summed E-state index contributed by atoms with van der Waals surface area (Å²) in [5.74, 6) is 0.0219. The molecule has 0 spiro atoms. The first kappa shape index (κ1) is 14.3. The molecule has 1 nitrogen and oxygen atoms in total. The molecule has 0 fully saturated rings. The highest BCUT2D eigenvalue weighted by Crippen LogP contribution is 2.33. The minimum atomic E-state index is -1.61. The average molecular weight is 282 g/mol. The molecule has 0 saturated heterocycles. The monoisotopic (exact) mass is 282 g/mol. The van der Waals surface area contributed by atoms with Crippen LogP contribution in [0.1, 0.15) is 30.7 Å². The van der Waals surface area contributed by atoms with Gasteiger partial charge < -0.3 is 4.43 Å². The van der Waals surface area contributed by atoms with Crippen molar-refractivity contribution in [3.8, 4) is 0 Å². The van der Waals surface area contributed by atoms with Crippen LogP contribution in [-0.4, -0.2) is 8.32 Å². The predicted molar refractivity (Wildman–Crippen MR) is 75.5 cm³/mol. The molecule has 1 aromatic carbocycles. The lowest BCUT2D eigenvalue weighted by molar-refractivity contribution is 0.372. The van der Waals surface area contributed by atoms with Gasteiger partial charge in [-0.25, -0.2) is 8.78 Å². The van der Waals surface area contributed by atoms with Gasteiger partial charge in [0.15, 0.2) is 0 Å². The van der Waals surface area contributed by atoms with Crippen LogP contribution >= 0.6 is 0 Å². The summed E-state index contributed by atoms with van der Waals surface area (Å²) in [6, 6.07) is 3.75. The average Bonchev–Trinajstić information content (AvgIpc) is 2.25. The van der Waals surface area contributed by atoms with Crippen LogP contribution in [0.4, 0.5) is 8.78 Å².